The van der Waals surface area contributed by atoms with Crippen LogP contribution in [0.25, 0.3) is 0 Å². The lowest BCUT2D eigenvalue weighted by Gasteiger charge is -2.26. The van der Waals surface area contributed by atoms with Gasteiger partial charge in [-0.2, -0.15) is 4.31 Å². The highest BCUT2D eigenvalue weighted by Gasteiger charge is 2.28. The molecule has 2 aromatic rings. The van der Waals surface area contributed by atoms with Gasteiger partial charge in [0.15, 0.2) is 0 Å². The molecule has 0 radical (unpaired) electrons. The molecule has 1 N–H and O–H groups in total. The zero-order valence-electron chi connectivity index (χ0n) is 15.2. The van der Waals surface area contributed by atoms with E-state index in [4.69, 9.17) is 0 Å². The standard InChI is InChI=1S/C20H21FN2O3S2/c21-15-6-7-19-17(13-15)18(8-11-27-19)22-20(24)14-4-3-5-16(12-14)28(25,26)23-9-1-2-10-23/h3-7,12-13,18H,1-2,8-11H2,(H,22,24)/t18-/m0/s1. The number of hydrogen-bond acceptors (Lipinski definition) is 4. The molecule has 4 rings (SSSR count). The van der Waals surface area contributed by atoms with Gasteiger partial charge in [-0.25, -0.2) is 12.8 Å². The Labute approximate surface area is 168 Å². The minimum atomic E-state index is -3.58. The van der Waals surface area contributed by atoms with Gasteiger partial charge in [-0.15, -0.1) is 11.8 Å². The molecule has 2 aliphatic heterocycles. The summed E-state index contributed by atoms with van der Waals surface area (Å²) in [5.74, 6) is 0.136. The number of fused-ring (bicyclic) bond motifs is 1. The predicted octanol–water partition coefficient (Wildman–Crippen LogP) is 3.58. The minimum absolute atomic E-state index is 0.132. The van der Waals surface area contributed by atoms with E-state index in [0.717, 1.165) is 29.1 Å². The number of halogens is 1. The van der Waals surface area contributed by atoms with Crippen molar-refractivity contribution >= 4 is 27.7 Å². The quantitative estimate of drug-likeness (QED) is 0.821. The van der Waals surface area contributed by atoms with Crippen LogP contribution >= 0.6 is 11.8 Å². The summed E-state index contributed by atoms with van der Waals surface area (Å²) in [6.45, 7) is 1.03. The van der Waals surface area contributed by atoms with Crippen LogP contribution in [-0.2, 0) is 10.0 Å². The summed E-state index contributed by atoms with van der Waals surface area (Å²) in [6, 6.07) is 10.4. The predicted molar refractivity (Wildman–Crippen MR) is 106 cm³/mol. The van der Waals surface area contributed by atoms with Gasteiger partial charge in [-0.1, -0.05) is 6.07 Å². The maximum Gasteiger partial charge on any atom is 0.251 e. The number of hydrogen-bond donors (Lipinski definition) is 1. The Bertz CT molecular complexity index is 1000. The van der Waals surface area contributed by atoms with Gasteiger partial charge in [0.1, 0.15) is 5.82 Å². The number of sulfonamides is 1. The van der Waals surface area contributed by atoms with Crippen LogP contribution < -0.4 is 5.32 Å². The van der Waals surface area contributed by atoms with Crippen molar-refractivity contribution in [2.75, 3.05) is 18.8 Å². The van der Waals surface area contributed by atoms with Crippen molar-refractivity contribution in [1.82, 2.24) is 9.62 Å². The van der Waals surface area contributed by atoms with Crippen molar-refractivity contribution in [3.8, 4) is 0 Å². The summed E-state index contributed by atoms with van der Waals surface area (Å²) < 4.78 is 40.6. The van der Waals surface area contributed by atoms with Crippen molar-refractivity contribution < 1.29 is 17.6 Å². The van der Waals surface area contributed by atoms with Crippen LogP contribution in [0.4, 0.5) is 4.39 Å². The third-order valence-corrected chi connectivity index (χ3v) is 8.13. The Morgan fingerprint density at radius 3 is 2.71 bits per heavy atom. The summed E-state index contributed by atoms with van der Waals surface area (Å²) in [5, 5.41) is 2.94. The van der Waals surface area contributed by atoms with Crippen molar-refractivity contribution in [3.63, 3.8) is 0 Å². The zero-order chi connectivity index (χ0) is 19.7. The number of rotatable bonds is 4. The fraction of sp³-hybridized carbons (Fsp3) is 0.350. The Hall–Kier alpha value is -1.90. The van der Waals surface area contributed by atoms with Crippen molar-refractivity contribution in [1.29, 1.82) is 0 Å². The summed E-state index contributed by atoms with van der Waals surface area (Å²) in [6.07, 6.45) is 2.41. The first kappa shape index (κ1) is 19.4. The van der Waals surface area contributed by atoms with Gasteiger partial charge in [-0.05, 0) is 61.2 Å². The summed E-state index contributed by atoms with van der Waals surface area (Å²) in [5.41, 5.74) is 1.06. The second-order valence-electron chi connectivity index (χ2n) is 6.98. The number of nitrogens with one attached hydrogen (secondary N) is 1. The number of amides is 1. The molecule has 8 heteroatoms. The van der Waals surface area contributed by atoms with Crippen molar-refractivity contribution in [3.05, 3.63) is 59.4 Å². The largest absolute Gasteiger partial charge is 0.345 e. The number of carbonyl (C=O) groups is 1. The molecule has 5 nitrogen and oxygen atoms in total. The molecule has 28 heavy (non-hydrogen) atoms. The number of thioether (sulfide) groups is 1. The van der Waals surface area contributed by atoms with Gasteiger partial charge in [0, 0.05) is 29.3 Å². The molecule has 148 valence electrons. The van der Waals surface area contributed by atoms with Crippen molar-refractivity contribution in [2.24, 2.45) is 0 Å². The van der Waals surface area contributed by atoms with Crippen LogP contribution in [0.15, 0.2) is 52.3 Å². The van der Waals surface area contributed by atoms with Crippen LogP contribution in [0, 0.1) is 5.82 Å². The molecule has 1 atom stereocenters. The Balaban J connectivity index is 1.56. The highest BCUT2D eigenvalue weighted by molar-refractivity contribution is 7.99. The van der Waals surface area contributed by atoms with E-state index in [1.165, 1.54) is 28.6 Å². The molecule has 2 heterocycles. The third kappa shape index (κ3) is 3.81. The number of benzene rings is 2. The Kier molecular flexibility index (Phi) is 5.44. The average molecular weight is 421 g/mol. The van der Waals surface area contributed by atoms with E-state index < -0.39 is 10.0 Å². The molecular weight excluding hydrogens is 399 g/mol. The average Bonchev–Trinajstić information content (AvgIpc) is 3.24. The molecule has 0 saturated carbocycles. The highest BCUT2D eigenvalue weighted by Crippen LogP contribution is 2.36. The molecular formula is C20H21FN2O3S2. The van der Waals surface area contributed by atoms with E-state index in [-0.39, 0.29) is 28.2 Å². The number of nitrogens with zero attached hydrogens (tertiary/aromatic N) is 1. The zero-order valence-corrected chi connectivity index (χ0v) is 16.9. The first-order chi connectivity index (χ1) is 13.4. The molecule has 2 aromatic carbocycles. The minimum Gasteiger partial charge on any atom is -0.345 e. The topological polar surface area (TPSA) is 66.5 Å². The molecule has 1 saturated heterocycles. The summed E-state index contributed by atoms with van der Waals surface area (Å²) >= 11 is 1.64. The summed E-state index contributed by atoms with van der Waals surface area (Å²) in [4.78, 5) is 13.9. The van der Waals surface area contributed by atoms with Gasteiger partial charge >= 0.3 is 0 Å². The molecule has 1 amide bonds. The van der Waals surface area contributed by atoms with Crippen molar-refractivity contribution in [2.45, 2.75) is 35.1 Å². The first-order valence-corrected chi connectivity index (χ1v) is 11.7. The fourth-order valence-corrected chi connectivity index (χ4v) is 6.30. The van der Waals surface area contributed by atoms with Crippen LogP contribution in [0.2, 0.25) is 0 Å². The lowest BCUT2D eigenvalue weighted by Crippen LogP contribution is -2.31. The highest BCUT2D eigenvalue weighted by atomic mass is 32.2. The Morgan fingerprint density at radius 2 is 1.93 bits per heavy atom. The fourth-order valence-electron chi connectivity index (χ4n) is 3.63. The molecule has 2 aliphatic rings. The van der Waals surface area contributed by atoms with Crippen LogP contribution in [0.5, 0.6) is 0 Å². The second-order valence-corrected chi connectivity index (χ2v) is 10.1. The molecule has 0 aliphatic carbocycles. The lowest BCUT2D eigenvalue weighted by molar-refractivity contribution is 0.0934. The van der Waals surface area contributed by atoms with E-state index in [2.05, 4.69) is 5.32 Å². The van der Waals surface area contributed by atoms with E-state index in [9.17, 15) is 17.6 Å². The van der Waals surface area contributed by atoms with Gasteiger partial charge in [0.25, 0.3) is 5.91 Å². The number of carbonyl (C=O) groups excluding carboxylic acids is 1. The smallest absolute Gasteiger partial charge is 0.251 e. The van der Waals surface area contributed by atoms with Crippen LogP contribution in [0.1, 0.15) is 41.2 Å². The lowest BCUT2D eigenvalue weighted by atomic mass is 10.0. The van der Waals surface area contributed by atoms with Crippen LogP contribution in [0.3, 0.4) is 0 Å². The first-order valence-electron chi connectivity index (χ1n) is 9.28. The van der Waals surface area contributed by atoms with E-state index >= 15 is 0 Å². The maximum absolute atomic E-state index is 13.7. The Morgan fingerprint density at radius 1 is 1.14 bits per heavy atom. The molecule has 0 spiro atoms. The second kappa shape index (κ2) is 7.85. The molecule has 0 unspecified atom stereocenters. The van der Waals surface area contributed by atoms with E-state index in [1.807, 2.05) is 0 Å². The van der Waals surface area contributed by atoms with Gasteiger partial charge in [-0.3, -0.25) is 4.79 Å². The van der Waals surface area contributed by atoms with Gasteiger partial charge in [0.05, 0.1) is 10.9 Å². The molecule has 0 bridgehead atoms. The monoisotopic (exact) mass is 420 g/mol. The van der Waals surface area contributed by atoms with Crippen LogP contribution in [-0.4, -0.2) is 37.5 Å². The normalized spacial score (nSPS) is 20.0. The third-order valence-electron chi connectivity index (χ3n) is 5.12. The van der Waals surface area contributed by atoms with Gasteiger partial charge < -0.3 is 5.32 Å². The SMILES string of the molecule is O=C(N[C@H]1CCSc2ccc(F)cc21)c1cccc(S(=O)(=O)N2CCCC2)c1. The maximum atomic E-state index is 13.7. The van der Waals surface area contributed by atoms with Gasteiger partial charge in [0.2, 0.25) is 10.0 Å². The molecule has 0 aromatic heterocycles. The van der Waals surface area contributed by atoms with E-state index in [0.29, 0.717) is 19.5 Å². The molecule has 1 fully saturated rings. The summed E-state index contributed by atoms with van der Waals surface area (Å²) in [7, 11) is -3.58. The van der Waals surface area contributed by atoms with E-state index in [1.54, 1.807) is 30.0 Å².